The summed E-state index contributed by atoms with van der Waals surface area (Å²) < 4.78 is 0. The van der Waals surface area contributed by atoms with E-state index in [2.05, 4.69) is 10.6 Å². The number of nitrogens with one attached hydrogen (secondary N) is 2. The van der Waals surface area contributed by atoms with E-state index in [1.807, 2.05) is 59.0 Å². The van der Waals surface area contributed by atoms with Crippen LogP contribution in [0.3, 0.4) is 0 Å². The Morgan fingerprint density at radius 3 is 2.50 bits per heavy atom. The van der Waals surface area contributed by atoms with E-state index < -0.39 is 5.41 Å². The molecular weight excluding hydrogens is 224 g/mol. The summed E-state index contributed by atoms with van der Waals surface area (Å²) in [6, 6.07) is 8.32. The highest BCUT2D eigenvalue weighted by atomic mass is 16.2. The standard InChI is InChI=1S/C15H24N2O/c1-11-8-6-7-9-13(11)15(3,4)14(18)17-10-12(2)16-5/h6-9,12,16H,10H2,1-5H3,(H,17,18). The van der Waals surface area contributed by atoms with E-state index in [0.29, 0.717) is 6.54 Å². The Labute approximate surface area is 110 Å². The second kappa shape index (κ2) is 6.01. The molecule has 0 spiro atoms. The van der Waals surface area contributed by atoms with Crippen LogP contribution in [0.2, 0.25) is 0 Å². The second-order valence-electron chi connectivity index (χ2n) is 5.34. The van der Waals surface area contributed by atoms with Gasteiger partial charge in [-0.2, -0.15) is 0 Å². The molecule has 0 bridgehead atoms. The van der Waals surface area contributed by atoms with Crippen molar-refractivity contribution in [2.24, 2.45) is 0 Å². The number of carbonyl (C=O) groups excluding carboxylic acids is 1. The smallest absolute Gasteiger partial charge is 0.230 e. The largest absolute Gasteiger partial charge is 0.354 e. The van der Waals surface area contributed by atoms with Gasteiger partial charge in [0.05, 0.1) is 5.41 Å². The van der Waals surface area contributed by atoms with Crippen LogP contribution in [0.4, 0.5) is 0 Å². The number of aryl methyl sites for hydroxylation is 1. The van der Waals surface area contributed by atoms with Crippen LogP contribution in [0, 0.1) is 6.92 Å². The number of hydrogen-bond acceptors (Lipinski definition) is 2. The average Bonchev–Trinajstić information content (AvgIpc) is 2.35. The molecule has 1 aromatic carbocycles. The van der Waals surface area contributed by atoms with Gasteiger partial charge < -0.3 is 10.6 Å². The first-order chi connectivity index (χ1) is 8.39. The third kappa shape index (κ3) is 3.33. The van der Waals surface area contributed by atoms with Gasteiger partial charge >= 0.3 is 0 Å². The van der Waals surface area contributed by atoms with Gasteiger partial charge in [-0.1, -0.05) is 24.3 Å². The molecule has 100 valence electrons. The minimum Gasteiger partial charge on any atom is -0.354 e. The van der Waals surface area contributed by atoms with E-state index in [9.17, 15) is 4.79 Å². The lowest BCUT2D eigenvalue weighted by atomic mass is 9.81. The summed E-state index contributed by atoms with van der Waals surface area (Å²) in [5.41, 5.74) is 1.73. The fourth-order valence-corrected chi connectivity index (χ4v) is 1.97. The first-order valence-corrected chi connectivity index (χ1v) is 6.41. The molecule has 0 aliphatic heterocycles. The fourth-order valence-electron chi connectivity index (χ4n) is 1.97. The molecule has 2 N–H and O–H groups in total. The van der Waals surface area contributed by atoms with Gasteiger partial charge in [0, 0.05) is 12.6 Å². The molecule has 3 heteroatoms. The monoisotopic (exact) mass is 248 g/mol. The molecular formula is C15H24N2O. The summed E-state index contributed by atoms with van der Waals surface area (Å²) in [4.78, 5) is 12.3. The maximum absolute atomic E-state index is 12.3. The second-order valence-corrected chi connectivity index (χ2v) is 5.34. The van der Waals surface area contributed by atoms with Crippen molar-refractivity contribution in [3.63, 3.8) is 0 Å². The number of amides is 1. The van der Waals surface area contributed by atoms with Crippen LogP contribution in [0.25, 0.3) is 0 Å². The molecule has 0 saturated carbocycles. The van der Waals surface area contributed by atoms with E-state index in [4.69, 9.17) is 0 Å². The van der Waals surface area contributed by atoms with Crippen molar-refractivity contribution in [2.45, 2.75) is 39.2 Å². The molecule has 1 unspecified atom stereocenters. The molecule has 1 atom stereocenters. The predicted molar refractivity (Wildman–Crippen MR) is 75.7 cm³/mol. The molecule has 1 amide bonds. The van der Waals surface area contributed by atoms with Gasteiger partial charge in [-0.25, -0.2) is 0 Å². The lowest BCUT2D eigenvalue weighted by Gasteiger charge is -2.26. The zero-order valence-corrected chi connectivity index (χ0v) is 12.0. The Kier molecular flexibility index (Phi) is 4.91. The van der Waals surface area contributed by atoms with Crippen LogP contribution < -0.4 is 10.6 Å². The third-order valence-electron chi connectivity index (χ3n) is 3.45. The van der Waals surface area contributed by atoms with Crippen LogP contribution >= 0.6 is 0 Å². The highest BCUT2D eigenvalue weighted by Gasteiger charge is 2.30. The van der Waals surface area contributed by atoms with Crippen LogP contribution in [0.15, 0.2) is 24.3 Å². The molecule has 0 aromatic heterocycles. The number of carbonyl (C=O) groups is 1. The normalized spacial score (nSPS) is 13.2. The van der Waals surface area contributed by atoms with Crippen molar-refractivity contribution < 1.29 is 4.79 Å². The van der Waals surface area contributed by atoms with Crippen molar-refractivity contribution in [2.75, 3.05) is 13.6 Å². The summed E-state index contributed by atoms with van der Waals surface area (Å²) in [5.74, 6) is 0.0684. The van der Waals surface area contributed by atoms with Crippen LogP contribution in [-0.4, -0.2) is 25.5 Å². The van der Waals surface area contributed by atoms with Gasteiger partial charge in [0.1, 0.15) is 0 Å². The highest BCUT2D eigenvalue weighted by molar-refractivity contribution is 5.87. The molecule has 0 radical (unpaired) electrons. The first-order valence-electron chi connectivity index (χ1n) is 6.41. The van der Waals surface area contributed by atoms with E-state index in [1.165, 1.54) is 0 Å². The van der Waals surface area contributed by atoms with Gasteiger partial charge in [0.25, 0.3) is 0 Å². The predicted octanol–water partition coefficient (Wildman–Crippen LogP) is 2.00. The van der Waals surface area contributed by atoms with Crippen molar-refractivity contribution >= 4 is 5.91 Å². The zero-order chi connectivity index (χ0) is 13.8. The minimum atomic E-state index is -0.501. The molecule has 0 fully saturated rings. The van der Waals surface area contributed by atoms with Gasteiger partial charge in [0.15, 0.2) is 0 Å². The molecule has 0 heterocycles. The lowest BCUT2D eigenvalue weighted by Crippen LogP contribution is -2.45. The van der Waals surface area contributed by atoms with Crippen molar-refractivity contribution in [1.29, 1.82) is 0 Å². The van der Waals surface area contributed by atoms with Crippen molar-refractivity contribution in [3.05, 3.63) is 35.4 Å². The zero-order valence-electron chi connectivity index (χ0n) is 12.0. The van der Waals surface area contributed by atoms with Crippen molar-refractivity contribution in [1.82, 2.24) is 10.6 Å². The molecule has 1 rings (SSSR count). The lowest BCUT2D eigenvalue weighted by molar-refractivity contribution is -0.125. The number of likely N-dealkylation sites (N-methyl/N-ethyl adjacent to an activating group) is 1. The van der Waals surface area contributed by atoms with Crippen LogP contribution in [0.5, 0.6) is 0 Å². The third-order valence-corrected chi connectivity index (χ3v) is 3.45. The topological polar surface area (TPSA) is 41.1 Å². The fraction of sp³-hybridized carbons (Fsp3) is 0.533. The highest BCUT2D eigenvalue weighted by Crippen LogP contribution is 2.26. The molecule has 1 aromatic rings. The molecule has 0 saturated heterocycles. The maximum atomic E-state index is 12.3. The Balaban J connectivity index is 2.80. The van der Waals surface area contributed by atoms with E-state index in [0.717, 1.165) is 11.1 Å². The van der Waals surface area contributed by atoms with E-state index >= 15 is 0 Å². The Morgan fingerprint density at radius 2 is 1.94 bits per heavy atom. The Bertz CT molecular complexity index is 413. The minimum absolute atomic E-state index is 0.0684. The average molecular weight is 248 g/mol. The summed E-state index contributed by atoms with van der Waals surface area (Å²) in [7, 11) is 1.89. The number of hydrogen-bond donors (Lipinski definition) is 2. The Morgan fingerprint density at radius 1 is 1.33 bits per heavy atom. The molecule has 0 aliphatic rings. The summed E-state index contributed by atoms with van der Waals surface area (Å²) >= 11 is 0. The van der Waals surface area contributed by atoms with E-state index in [1.54, 1.807) is 0 Å². The van der Waals surface area contributed by atoms with E-state index in [-0.39, 0.29) is 11.9 Å². The first kappa shape index (κ1) is 14.7. The molecule has 18 heavy (non-hydrogen) atoms. The van der Waals surface area contributed by atoms with Crippen LogP contribution in [0.1, 0.15) is 31.9 Å². The number of benzene rings is 1. The van der Waals surface area contributed by atoms with Crippen molar-refractivity contribution in [3.8, 4) is 0 Å². The molecule has 0 aliphatic carbocycles. The quantitative estimate of drug-likeness (QED) is 0.837. The maximum Gasteiger partial charge on any atom is 0.230 e. The Hall–Kier alpha value is -1.35. The molecule has 3 nitrogen and oxygen atoms in total. The summed E-state index contributed by atoms with van der Waals surface area (Å²) in [6.45, 7) is 8.66. The van der Waals surface area contributed by atoms with Gasteiger partial charge in [0.2, 0.25) is 5.91 Å². The SMILES string of the molecule is CNC(C)CNC(=O)C(C)(C)c1ccccc1C. The van der Waals surface area contributed by atoms with Gasteiger partial charge in [-0.3, -0.25) is 4.79 Å². The van der Waals surface area contributed by atoms with Gasteiger partial charge in [-0.05, 0) is 45.9 Å². The summed E-state index contributed by atoms with van der Waals surface area (Å²) in [6.07, 6.45) is 0. The van der Waals surface area contributed by atoms with Crippen LogP contribution in [-0.2, 0) is 10.2 Å². The number of rotatable bonds is 5. The summed E-state index contributed by atoms with van der Waals surface area (Å²) in [5, 5.41) is 6.11. The van der Waals surface area contributed by atoms with Gasteiger partial charge in [-0.15, -0.1) is 0 Å².